The van der Waals surface area contributed by atoms with Gasteiger partial charge in [-0.15, -0.1) is 0 Å². The van der Waals surface area contributed by atoms with E-state index in [0.29, 0.717) is 12.0 Å². The minimum absolute atomic E-state index is 0.0137. The zero-order valence-corrected chi connectivity index (χ0v) is 12.6. The lowest BCUT2D eigenvalue weighted by atomic mass is 9.74. The standard InChI is InChI=1S/C15H24N2O4/c1-8-6-16-9(2)12(8)14(18)20-3-4-21-15(19)13-10-5-11(13)17-7-10/h8-13,16-17H,3-7H2,1-2H3/t8-,9-,10-,11-,12+,13+/m1/s1. The van der Waals surface area contributed by atoms with Crippen molar-refractivity contribution in [1.82, 2.24) is 10.6 Å². The number of nitrogens with one attached hydrogen (secondary N) is 2. The second-order valence-electron chi connectivity index (χ2n) is 6.57. The Kier molecular flexibility index (Phi) is 4.17. The minimum Gasteiger partial charge on any atom is -0.462 e. The Morgan fingerprint density at radius 3 is 2.14 bits per heavy atom. The highest BCUT2D eigenvalue weighted by Crippen LogP contribution is 2.40. The molecule has 0 amide bonds. The zero-order chi connectivity index (χ0) is 15.0. The number of hydrogen-bond donors (Lipinski definition) is 2. The predicted molar refractivity (Wildman–Crippen MR) is 75.4 cm³/mol. The smallest absolute Gasteiger partial charge is 0.310 e. The highest BCUT2D eigenvalue weighted by atomic mass is 16.6. The number of carbonyl (C=O) groups is 2. The second kappa shape index (κ2) is 5.93. The molecule has 4 aliphatic rings. The Balaban J connectivity index is 1.35. The molecule has 6 atom stereocenters. The van der Waals surface area contributed by atoms with Gasteiger partial charge in [0.15, 0.2) is 0 Å². The van der Waals surface area contributed by atoms with Crippen LogP contribution in [0.5, 0.6) is 0 Å². The number of hydrogen-bond acceptors (Lipinski definition) is 6. The van der Waals surface area contributed by atoms with Crippen LogP contribution in [0.4, 0.5) is 0 Å². The average molecular weight is 296 g/mol. The van der Waals surface area contributed by atoms with Gasteiger partial charge in [0.25, 0.3) is 0 Å². The Bertz CT molecular complexity index is 404. The molecule has 2 N–H and O–H groups in total. The van der Waals surface area contributed by atoms with E-state index in [1.165, 1.54) is 0 Å². The third-order valence-corrected chi connectivity index (χ3v) is 5.17. The van der Waals surface area contributed by atoms with E-state index in [4.69, 9.17) is 9.47 Å². The lowest BCUT2D eigenvalue weighted by Crippen LogP contribution is -2.43. The summed E-state index contributed by atoms with van der Waals surface area (Å²) < 4.78 is 10.5. The molecule has 4 rings (SSSR count). The summed E-state index contributed by atoms with van der Waals surface area (Å²) >= 11 is 0. The fourth-order valence-electron chi connectivity index (χ4n) is 3.86. The van der Waals surface area contributed by atoms with Gasteiger partial charge in [0.1, 0.15) is 13.2 Å². The monoisotopic (exact) mass is 296 g/mol. The lowest BCUT2D eigenvalue weighted by Gasteiger charge is -2.32. The van der Waals surface area contributed by atoms with Crippen molar-refractivity contribution in [2.24, 2.45) is 23.7 Å². The lowest BCUT2D eigenvalue weighted by molar-refractivity contribution is -0.161. The fraction of sp³-hybridized carbons (Fsp3) is 0.867. The third kappa shape index (κ3) is 2.79. The molecule has 1 saturated carbocycles. The average Bonchev–Trinajstić information content (AvgIpc) is 3.11. The van der Waals surface area contributed by atoms with E-state index in [9.17, 15) is 9.59 Å². The fourth-order valence-corrected chi connectivity index (χ4v) is 3.86. The molecule has 3 aliphatic heterocycles. The molecular formula is C15H24N2O4. The van der Waals surface area contributed by atoms with Crippen molar-refractivity contribution in [3.05, 3.63) is 0 Å². The molecule has 4 fully saturated rings. The Hall–Kier alpha value is -1.14. The highest BCUT2D eigenvalue weighted by molar-refractivity contribution is 5.76. The molecule has 1 aliphatic carbocycles. The first-order valence-corrected chi connectivity index (χ1v) is 7.88. The molecule has 118 valence electrons. The third-order valence-electron chi connectivity index (χ3n) is 5.17. The summed E-state index contributed by atoms with van der Waals surface area (Å²) in [6.45, 7) is 6.10. The van der Waals surface area contributed by atoms with Gasteiger partial charge in [-0.3, -0.25) is 9.59 Å². The first-order chi connectivity index (χ1) is 10.1. The quantitative estimate of drug-likeness (QED) is 0.546. The molecule has 0 aromatic heterocycles. The van der Waals surface area contributed by atoms with Crippen molar-refractivity contribution < 1.29 is 19.1 Å². The van der Waals surface area contributed by atoms with Crippen molar-refractivity contribution in [3.8, 4) is 0 Å². The van der Waals surface area contributed by atoms with Gasteiger partial charge in [0.05, 0.1) is 11.8 Å². The molecule has 0 aromatic rings. The molecule has 0 spiro atoms. The first-order valence-electron chi connectivity index (χ1n) is 7.88. The summed E-state index contributed by atoms with van der Waals surface area (Å²) in [7, 11) is 0. The summed E-state index contributed by atoms with van der Waals surface area (Å²) in [5, 5.41) is 6.55. The van der Waals surface area contributed by atoms with E-state index < -0.39 is 0 Å². The molecule has 0 aromatic carbocycles. The molecule has 2 bridgehead atoms. The van der Waals surface area contributed by atoms with Gasteiger partial charge in [0, 0.05) is 12.1 Å². The number of fused-ring (bicyclic) bond motifs is 1. The molecule has 6 nitrogen and oxygen atoms in total. The van der Waals surface area contributed by atoms with Crippen LogP contribution in [0.25, 0.3) is 0 Å². The van der Waals surface area contributed by atoms with Gasteiger partial charge in [0.2, 0.25) is 0 Å². The van der Waals surface area contributed by atoms with Crippen LogP contribution in [0.1, 0.15) is 20.3 Å². The maximum atomic E-state index is 12.0. The summed E-state index contributed by atoms with van der Waals surface area (Å²) in [5.74, 6) is 0.290. The summed E-state index contributed by atoms with van der Waals surface area (Å²) in [4.78, 5) is 23.9. The Labute approximate surface area is 124 Å². The molecular weight excluding hydrogens is 272 g/mol. The maximum Gasteiger partial charge on any atom is 0.310 e. The van der Waals surface area contributed by atoms with Crippen molar-refractivity contribution in [2.75, 3.05) is 26.3 Å². The molecule has 6 heteroatoms. The summed E-state index contributed by atoms with van der Waals surface area (Å²) in [5.41, 5.74) is 0. The van der Waals surface area contributed by atoms with Crippen LogP contribution in [0.3, 0.4) is 0 Å². The van der Waals surface area contributed by atoms with Crippen molar-refractivity contribution >= 4 is 11.9 Å². The van der Waals surface area contributed by atoms with Crippen LogP contribution in [-0.2, 0) is 19.1 Å². The van der Waals surface area contributed by atoms with Crippen LogP contribution < -0.4 is 10.6 Å². The molecule has 3 saturated heterocycles. The number of esters is 2. The van der Waals surface area contributed by atoms with Gasteiger partial charge >= 0.3 is 11.9 Å². The topological polar surface area (TPSA) is 76.7 Å². The number of rotatable bonds is 5. The Morgan fingerprint density at radius 2 is 1.67 bits per heavy atom. The first kappa shape index (κ1) is 14.8. The van der Waals surface area contributed by atoms with E-state index in [-0.39, 0.29) is 48.9 Å². The van der Waals surface area contributed by atoms with Crippen LogP contribution in [0, 0.1) is 23.7 Å². The van der Waals surface area contributed by atoms with Crippen molar-refractivity contribution in [2.45, 2.75) is 32.4 Å². The molecule has 21 heavy (non-hydrogen) atoms. The number of ether oxygens (including phenoxy) is 2. The van der Waals surface area contributed by atoms with Gasteiger partial charge in [-0.25, -0.2) is 0 Å². The highest BCUT2D eigenvalue weighted by Gasteiger charge is 2.51. The van der Waals surface area contributed by atoms with Gasteiger partial charge in [-0.05, 0) is 38.3 Å². The van der Waals surface area contributed by atoms with Crippen LogP contribution in [-0.4, -0.2) is 50.3 Å². The van der Waals surface area contributed by atoms with Crippen LogP contribution in [0.2, 0.25) is 0 Å². The molecule has 3 heterocycles. The SMILES string of the molecule is C[C@@H]1CN[C@H](C)[C@H]1C(=O)OCCOC(=O)[C@H]1[C@H]2CN[C@@H]1C2. The second-order valence-corrected chi connectivity index (χ2v) is 6.57. The van der Waals surface area contributed by atoms with Crippen molar-refractivity contribution in [1.29, 1.82) is 0 Å². The van der Waals surface area contributed by atoms with E-state index in [2.05, 4.69) is 10.6 Å². The van der Waals surface area contributed by atoms with E-state index >= 15 is 0 Å². The van der Waals surface area contributed by atoms with Gasteiger partial charge in [-0.1, -0.05) is 6.92 Å². The minimum atomic E-state index is -0.193. The van der Waals surface area contributed by atoms with Gasteiger partial charge < -0.3 is 20.1 Å². The van der Waals surface area contributed by atoms with E-state index in [0.717, 1.165) is 19.5 Å². The maximum absolute atomic E-state index is 12.0. The predicted octanol–water partition coefficient (Wildman–Crippen LogP) is -0.0753. The van der Waals surface area contributed by atoms with Crippen LogP contribution in [0.15, 0.2) is 0 Å². The molecule has 0 unspecified atom stereocenters. The largest absolute Gasteiger partial charge is 0.462 e. The van der Waals surface area contributed by atoms with E-state index in [1.54, 1.807) is 0 Å². The van der Waals surface area contributed by atoms with Crippen molar-refractivity contribution in [3.63, 3.8) is 0 Å². The number of carbonyl (C=O) groups excluding carboxylic acids is 2. The zero-order valence-electron chi connectivity index (χ0n) is 12.6. The Morgan fingerprint density at radius 1 is 1.00 bits per heavy atom. The summed E-state index contributed by atoms with van der Waals surface area (Å²) in [6.07, 6.45) is 1.08. The molecule has 0 radical (unpaired) electrons. The summed E-state index contributed by atoms with van der Waals surface area (Å²) in [6, 6.07) is 0.447. The van der Waals surface area contributed by atoms with Crippen LogP contribution >= 0.6 is 0 Å². The normalized spacial score (nSPS) is 40.7. The van der Waals surface area contributed by atoms with Gasteiger partial charge in [-0.2, -0.15) is 0 Å². The van der Waals surface area contributed by atoms with E-state index in [1.807, 2.05) is 13.8 Å².